The highest BCUT2D eigenvalue weighted by Crippen LogP contribution is 2.44. The Morgan fingerprint density at radius 3 is 3.10 bits per heavy atom. The van der Waals surface area contributed by atoms with Gasteiger partial charge in [0, 0.05) is 37.1 Å². The van der Waals surface area contributed by atoms with Crippen LogP contribution in [0, 0.1) is 5.82 Å². The number of nitrogens with one attached hydrogen (secondary N) is 1. The van der Waals surface area contributed by atoms with Gasteiger partial charge in [0.15, 0.2) is 0 Å². The average molecular weight is 279 g/mol. The zero-order valence-electron chi connectivity index (χ0n) is 12.0. The number of hydrogen-bond donors (Lipinski definition) is 1. The van der Waals surface area contributed by atoms with E-state index < -0.39 is 0 Å². The normalized spacial score (nSPS) is 29.6. The standard InChI is InChI=1S/C16H22FNO2/c1-2-18-14-11-16(6-3-8-19-9-7-16)20-15-10-12(17)4-5-13(14)15/h4-5,10,14,18H,2-3,6-9,11H2,1H3. The molecule has 0 bridgehead atoms. The topological polar surface area (TPSA) is 30.5 Å². The van der Waals surface area contributed by atoms with Crippen LogP contribution in [-0.2, 0) is 4.74 Å². The van der Waals surface area contributed by atoms with Gasteiger partial charge in [0.05, 0.1) is 6.61 Å². The molecule has 2 aliphatic rings. The highest BCUT2D eigenvalue weighted by Gasteiger charge is 2.41. The first-order chi connectivity index (χ1) is 9.72. The number of benzene rings is 1. The Morgan fingerprint density at radius 2 is 2.25 bits per heavy atom. The molecule has 0 aromatic heterocycles. The van der Waals surface area contributed by atoms with Crippen molar-refractivity contribution in [1.82, 2.24) is 5.32 Å². The molecule has 4 heteroatoms. The maximum atomic E-state index is 13.5. The van der Waals surface area contributed by atoms with Gasteiger partial charge in [0.2, 0.25) is 0 Å². The number of rotatable bonds is 2. The monoisotopic (exact) mass is 279 g/mol. The number of fused-ring (bicyclic) bond motifs is 1. The van der Waals surface area contributed by atoms with Gasteiger partial charge in [0.25, 0.3) is 0 Å². The summed E-state index contributed by atoms with van der Waals surface area (Å²) in [6.45, 7) is 4.52. The van der Waals surface area contributed by atoms with E-state index in [0.29, 0.717) is 5.75 Å². The Kier molecular flexibility index (Phi) is 3.94. The Balaban J connectivity index is 1.93. The van der Waals surface area contributed by atoms with E-state index in [-0.39, 0.29) is 17.5 Å². The molecule has 3 rings (SSSR count). The van der Waals surface area contributed by atoms with Gasteiger partial charge in [-0.2, -0.15) is 0 Å². The molecule has 0 amide bonds. The van der Waals surface area contributed by atoms with Crippen molar-refractivity contribution in [2.45, 2.75) is 44.2 Å². The van der Waals surface area contributed by atoms with Gasteiger partial charge < -0.3 is 14.8 Å². The maximum absolute atomic E-state index is 13.5. The molecule has 3 nitrogen and oxygen atoms in total. The van der Waals surface area contributed by atoms with Crippen LogP contribution in [0.5, 0.6) is 5.75 Å². The average Bonchev–Trinajstić information content (AvgIpc) is 2.64. The molecule has 2 unspecified atom stereocenters. The SMILES string of the molecule is CCNC1CC2(CCCOCC2)Oc2cc(F)ccc21. The third-order valence-electron chi connectivity index (χ3n) is 4.33. The molecule has 2 atom stereocenters. The van der Waals surface area contributed by atoms with Crippen LogP contribution in [0.15, 0.2) is 18.2 Å². The summed E-state index contributed by atoms with van der Waals surface area (Å²) in [4.78, 5) is 0. The van der Waals surface area contributed by atoms with E-state index >= 15 is 0 Å². The van der Waals surface area contributed by atoms with E-state index in [1.54, 1.807) is 0 Å². The summed E-state index contributed by atoms with van der Waals surface area (Å²) in [5.74, 6) is 0.463. The van der Waals surface area contributed by atoms with Gasteiger partial charge >= 0.3 is 0 Å². The second-order valence-electron chi connectivity index (χ2n) is 5.75. The predicted octanol–water partition coefficient (Wildman–Crippen LogP) is 3.20. The maximum Gasteiger partial charge on any atom is 0.127 e. The summed E-state index contributed by atoms with van der Waals surface area (Å²) in [7, 11) is 0. The number of hydrogen-bond acceptors (Lipinski definition) is 3. The van der Waals surface area contributed by atoms with E-state index in [0.717, 1.165) is 51.0 Å². The van der Waals surface area contributed by atoms with Gasteiger partial charge in [-0.25, -0.2) is 4.39 Å². The van der Waals surface area contributed by atoms with Crippen molar-refractivity contribution in [2.75, 3.05) is 19.8 Å². The quantitative estimate of drug-likeness (QED) is 0.902. The second-order valence-corrected chi connectivity index (χ2v) is 5.75. The molecule has 1 spiro atoms. The first kappa shape index (κ1) is 13.8. The van der Waals surface area contributed by atoms with Crippen molar-refractivity contribution in [3.05, 3.63) is 29.6 Å². The van der Waals surface area contributed by atoms with Crippen molar-refractivity contribution >= 4 is 0 Å². The number of halogens is 1. The fourth-order valence-electron chi connectivity index (χ4n) is 3.36. The molecule has 1 fully saturated rings. The summed E-state index contributed by atoms with van der Waals surface area (Å²) >= 11 is 0. The molecule has 0 saturated carbocycles. The largest absolute Gasteiger partial charge is 0.487 e. The molecule has 2 aliphatic heterocycles. The van der Waals surface area contributed by atoms with Crippen molar-refractivity contribution in [2.24, 2.45) is 0 Å². The van der Waals surface area contributed by atoms with Gasteiger partial charge in [-0.05, 0) is 25.5 Å². The van der Waals surface area contributed by atoms with Gasteiger partial charge in [0.1, 0.15) is 17.2 Å². The minimum atomic E-state index is -0.235. The third kappa shape index (κ3) is 2.67. The summed E-state index contributed by atoms with van der Waals surface area (Å²) in [6, 6.07) is 5.12. The van der Waals surface area contributed by atoms with Crippen LogP contribution in [0.25, 0.3) is 0 Å². The number of ether oxygens (including phenoxy) is 2. The van der Waals surface area contributed by atoms with Gasteiger partial charge in [-0.3, -0.25) is 0 Å². The molecule has 1 saturated heterocycles. The second kappa shape index (κ2) is 5.70. The van der Waals surface area contributed by atoms with Crippen LogP contribution in [0.4, 0.5) is 4.39 Å². The molecule has 1 aromatic rings. The third-order valence-corrected chi connectivity index (χ3v) is 4.33. The van der Waals surface area contributed by atoms with E-state index in [2.05, 4.69) is 12.2 Å². The highest BCUT2D eigenvalue weighted by atomic mass is 19.1. The molecular formula is C16H22FNO2. The molecular weight excluding hydrogens is 257 g/mol. The summed E-state index contributed by atoms with van der Waals surface area (Å²) in [5, 5.41) is 3.51. The Bertz CT molecular complexity index is 470. The van der Waals surface area contributed by atoms with Crippen molar-refractivity contribution < 1.29 is 13.9 Å². The van der Waals surface area contributed by atoms with Crippen molar-refractivity contribution in [3.63, 3.8) is 0 Å². The fourth-order valence-corrected chi connectivity index (χ4v) is 3.36. The zero-order valence-corrected chi connectivity index (χ0v) is 12.0. The minimum absolute atomic E-state index is 0.204. The highest BCUT2D eigenvalue weighted by molar-refractivity contribution is 5.39. The Labute approximate surface area is 119 Å². The van der Waals surface area contributed by atoms with E-state index in [1.165, 1.54) is 12.1 Å². The summed E-state index contributed by atoms with van der Waals surface area (Å²) < 4.78 is 25.3. The zero-order chi connectivity index (χ0) is 14.0. The van der Waals surface area contributed by atoms with Crippen molar-refractivity contribution in [1.29, 1.82) is 0 Å². The van der Waals surface area contributed by atoms with Gasteiger partial charge in [-0.15, -0.1) is 0 Å². The predicted molar refractivity (Wildman–Crippen MR) is 75.5 cm³/mol. The minimum Gasteiger partial charge on any atom is -0.487 e. The lowest BCUT2D eigenvalue weighted by Gasteiger charge is -2.42. The van der Waals surface area contributed by atoms with E-state index in [1.807, 2.05) is 6.07 Å². The molecule has 2 heterocycles. The van der Waals surface area contributed by atoms with Crippen LogP contribution < -0.4 is 10.1 Å². The van der Waals surface area contributed by atoms with Gasteiger partial charge in [-0.1, -0.05) is 13.0 Å². The van der Waals surface area contributed by atoms with E-state index in [4.69, 9.17) is 9.47 Å². The first-order valence-electron chi connectivity index (χ1n) is 7.52. The lowest BCUT2D eigenvalue weighted by atomic mass is 9.82. The molecule has 0 aliphatic carbocycles. The van der Waals surface area contributed by atoms with Crippen LogP contribution in [0.2, 0.25) is 0 Å². The van der Waals surface area contributed by atoms with Crippen LogP contribution in [-0.4, -0.2) is 25.4 Å². The van der Waals surface area contributed by atoms with Crippen molar-refractivity contribution in [3.8, 4) is 5.75 Å². The smallest absolute Gasteiger partial charge is 0.127 e. The molecule has 1 N–H and O–H groups in total. The lowest BCUT2D eigenvalue weighted by Crippen LogP contribution is -2.44. The van der Waals surface area contributed by atoms with Crippen LogP contribution in [0.3, 0.4) is 0 Å². The molecule has 1 aromatic carbocycles. The summed E-state index contributed by atoms with van der Waals surface area (Å²) in [6.07, 6.45) is 3.79. The van der Waals surface area contributed by atoms with E-state index in [9.17, 15) is 4.39 Å². The molecule has 20 heavy (non-hydrogen) atoms. The fraction of sp³-hybridized carbons (Fsp3) is 0.625. The summed E-state index contributed by atoms with van der Waals surface area (Å²) in [5.41, 5.74) is 0.869. The van der Waals surface area contributed by atoms with Crippen LogP contribution >= 0.6 is 0 Å². The molecule has 110 valence electrons. The Hall–Kier alpha value is -1.13. The molecule has 0 radical (unpaired) electrons. The Morgan fingerprint density at radius 1 is 1.35 bits per heavy atom. The first-order valence-corrected chi connectivity index (χ1v) is 7.52. The van der Waals surface area contributed by atoms with Crippen LogP contribution in [0.1, 0.15) is 44.2 Å². The lowest BCUT2D eigenvalue weighted by molar-refractivity contribution is 0.0107.